The van der Waals surface area contributed by atoms with Crippen molar-refractivity contribution in [2.24, 2.45) is 0 Å². The predicted molar refractivity (Wildman–Crippen MR) is 117 cm³/mol. The molecule has 0 spiro atoms. The largest absolute Gasteiger partial charge is 0.340 e. The zero-order valence-electron chi connectivity index (χ0n) is 17.4. The fraction of sp³-hybridized carbons (Fsp3) is 0.391. The van der Waals surface area contributed by atoms with Gasteiger partial charge in [-0.2, -0.15) is 5.10 Å². The van der Waals surface area contributed by atoms with Crippen LogP contribution in [0.2, 0.25) is 0 Å². The van der Waals surface area contributed by atoms with Crippen molar-refractivity contribution in [3.05, 3.63) is 42.7 Å². The van der Waals surface area contributed by atoms with Gasteiger partial charge < -0.3 is 9.80 Å². The molecule has 3 aromatic rings. The van der Waals surface area contributed by atoms with Gasteiger partial charge >= 0.3 is 0 Å². The molecule has 1 aliphatic carbocycles. The molecule has 1 amide bonds. The predicted octanol–water partition coefficient (Wildman–Crippen LogP) is 4.04. The molecule has 1 unspecified atom stereocenters. The number of fused-ring (bicyclic) bond motifs is 1. The van der Waals surface area contributed by atoms with Crippen LogP contribution in [0.25, 0.3) is 22.6 Å². The minimum Gasteiger partial charge on any atom is -0.340 e. The summed E-state index contributed by atoms with van der Waals surface area (Å²) in [5, 5.41) is 7.43. The van der Waals surface area contributed by atoms with Gasteiger partial charge in [-0.05, 0) is 24.8 Å². The maximum atomic E-state index is 13.1. The number of benzene rings is 1. The number of nitrogens with one attached hydrogen (secondary N) is 1. The van der Waals surface area contributed by atoms with E-state index in [1.54, 1.807) is 11.1 Å². The summed E-state index contributed by atoms with van der Waals surface area (Å²) in [6.07, 6.45) is 9.02. The monoisotopic (exact) mass is 402 g/mol. The topological polar surface area (TPSA) is 78.0 Å². The van der Waals surface area contributed by atoms with Crippen LogP contribution in [0, 0.1) is 0 Å². The maximum Gasteiger partial charge on any atom is 0.249 e. The van der Waals surface area contributed by atoms with Crippen molar-refractivity contribution in [1.29, 1.82) is 0 Å². The van der Waals surface area contributed by atoms with E-state index in [1.807, 2.05) is 31.4 Å². The third kappa shape index (κ3) is 2.96. The third-order valence-electron chi connectivity index (χ3n) is 6.35. The summed E-state index contributed by atoms with van der Waals surface area (Å²) in [6.45, 7) is 2.08. The number of hydrogen-bond donors (Lipinski definition) is 1. The lowest BCUT2D eigenvalue weighted by molar-refractivity contribution is -0.120. The highest BCUT2D eigenvalue weighted by Gasteiger charge is 2.41. The number of carbonyl (C=O) groups is 1. The molecule has 154 valence electrons. The molecule has 5 rings (SSSR count). The average molecular weight is 403 g/mol. The van der Waals surface area contributed by atoms with Gasteiger partial charge in [0.2, 0.25) is 5.91 Å². The minimum absolute atomic E-state index is 0.123. The number of nitrogens with zero attached hydrogens (tertiary/aromatic N) is 5. The number of carbonyl (C=O) groups excluding carboxylic acids is 1. The highest BCUT2D eigenvalue weighted by molar-refractivity contribution is 6.04. The Kier molecular flexibility index (Phi) is 4.73. The summed E-state index contributed by atoms with van der Waals surface area (Å²) >= 11 is 0. The van der Waals surface area contributed by atoms with Gasteiger partial charge in [-0.1, -0.05) is 50.1 Å². The van der Waals surface area contributed by atoms with Crippen LogP contribution in [0.1, 0.15) is 39.0 Å². The molecule has 0 bridgehead atoms. The zero-order chi connectivity index (χ0) is 20.7. The van der Waals surface area contributed by atoms with Crippen LogP contribution >= 0.6 is 0 Å². The van der Waals surface area contributed by atoms with Crippen molar-refractivity contribution in [1.82, 2.24) is 20.2 Å². The van der Waals surface area contributed by atoms with E-state index in [9.17, 15) is 4.79 Å². The molecule has 0 radical (unpaired) electrons. The van der Waals surface area contributed by atoms with E-state index in [4.69, 9.17) is 4.98 Å². The number of H-pyrrole nitrogens is 1. The van der Waals surface area contributed by atoms with Crippen molar-refractivity contribution in [2.75, 3.05) is 16.8 Å². The van der Waals surface area contributed by atoms with Gasteiger partial charge in [0.05, 0.1) is 6.20 Å². The first-order chi connectivity index (χ1) is 14.7. The van der Waals surface area contributed by atoms with Gasteiger partial charge in [0.25, 0.3) is 0 Å². The van der Waals surface area contributed by atoms with Crippen LogP contribution in [0.4, 0.5) is 11.5 Å². The molecule has 7 heteroatoms. The highest BCUT2D eigenvalue weighted by Crippen LogP contribution is 2.40. The fourth-order valence-corrected chi connectivity index (χ4v) is 4.80. The van der Waals surface area contributed by atoms with Crippen LogP contribution < -0.4 is 9.80 Å². The minimum atomic E-state index is -0.180. The Balaban J connectivity index is 1.63. The van der Waals surface area contributed by atoms with E-state index in [1.165, 1.54) is 12.8 Å². The second-order valence-electron chi connectivity index (χ2n) is 8.08. The summed E-state index contributed by atoms with van der Waals surface area (Å²) in [5.74, 6) is 1.55. The van der Waals surface area contributed by atoms with E-state index in [2.05, 4.69) is 39.1 Å². The number of rotatable bonds is 4. The normalized spacial score (nSPS) is 19.4. The lowest BCUT2D eigenvalue weighted by Gasteiger charge is -2.43. The Hall–Kier alpha value is -3.22. The first-order valence-electron chi connectivity index (χ1n) is 10.7. The van der Waals surface area contributed by atoms with Gasteiger partial charge in [0.1, 0.15) is 17.4 Å². The van der Waals surface area contributed by atoms with E-state index < -0.39 is 0 Å². The second kappa shape index (κ2) is 7.55. The molecule has 1 aliphatic heterocycles. The van der Waals surface area contributed by atoms with Crippen LogP contribution in [-0.2, 0) is 4.79 Å². The zero-order valence-corrected chi connectivity index (χ0v) is 17.4. The SMILES string of the molecule is CCC1C(=O)N(C)c2cnc(-c3n[nH]cc3-c3ccccc3)nc2N1C1CCCC1. The van der Waals surface area contributed by atoms with Crippen molar-refractivity contribution < 1.29 is 4.79 Å². The van der Waals surface area contributed by atoms with Gasteiger partial charge in [0, 0.05) is 24.8 Å². The standard InChI is InChI=1S/C23H26N6O/c1-3-18-23(30)28(2)19-14-24-21(26-22(19)29(18)16-11-7-8-12-16)20-17(13-25-27-20)15-9-5-4-6-10-15/h4-6,9-10,13-14,16,18H,3,7-8,11-12H2,1-2H3,(H,25,27). The smallest absolute Gasteiger partial charge is 0.249 e. The van der Waals surface area contributed by atoms with Gasteiger partial charge in [-0.15, -0.1) is 0 Å². The molecular formula is C23H26N6O. The summed E-state index contributed by atoms with van der Waals surface area (Å²) in [6, 6.07) is 10.3. The van der Waals surface area contributed by atoms with Gasteiger partial charge in [0.15, 0.2) is 11.6 Å². The molecule has 2 aromatic heterocycles. The molecule has 1 saturated carbocycles. The molecule has 3 heterocycles. The van der Waals surface area contributed by atoms with Crippen molar-refractivity contribution in [3.8, 4) is 22.6 Å². The number of anilines is 2. The van der Waals surface area contributed by atoms with Crippen LogP contribution in [0.5, 0.6) is 0 Å². The lowest BCUT2D eigenvalue weighted by atomic mass is 10.0. The lowest BCUT2D eigenvalue weighted by Crippen LogP contribution is -2.55. The molecular weight excluding hydrogens is 376 g/mol. The molecule has 1 aromatic carbocycles. The Morgan fingerprint density at radius 2 is 1.93 bits per heavy atom. The number of aromatic nitrogens is 4. The molecule has 0 saturated heterocycles. The third-order valence-corrected chi connectivity index (χ3v) is 6.35. The maximum absolute atomic E-state index is 13.1. The first kappa shape index (κ1) is 18.8. The summed E-state index contributed by atoms with van der Waals surface area (Å²) in [5.41, 5.74) is 3.53. The number of likely N-dealkylation sites (N-methyl/N-ethyl adjacent to an activating group) is 1. The Morgan fingerprint density at radius 3 is 2.67 bits per heavy atom. The van der Waals surface area contributed by atoms with E-state index in [0.717, 1.165) is 47.6 Å². The second-order valence-corrected chi connectivity index (χ2v) is 8.08. The molecule has 30 heavy (non-hydrogen) atoms. The fourth-order valence-electron chi connectivity index (χ4n) is 4.80. The highest BCUT2D eigenvalue weighted by atomic mass is 16.2. The Bertz CT molecular complexity index is 1060. The van der Waals surface area contributed by atoms with Crippen molar-refractivity contribution in [2.45, 2.75) is 51.1 Å². The average Bonchev–Trinajstić information content (AvgIpc) is 3.48. The molecule has 1 fully saturated rings. The van der Waals surface area contributed by atoms with Crippen LogP contribution in [0.15, 0.2) is 42.7 Å². The molecule has 7 nitrogen and oxygen atoms in total. The molecule has 1 atom stereocenters. The Labute approximate surface area is 176 Å². The Morgan fingerprint density at radius 1 is 1.17 bits per heavy atom. The van der Waals surface area contributed by atoms with Gasteiger partial charge in [-0.3, -0.25) is 9.89 Å². The van der Waals surface area contributed by atoms with Gasteiger partial charge in [-0.25, -0.2) is 9.97 Å². The van der Waals surface area contributed by atoms with Crippen LogP contribution in [0.3, 0.4) is 0 Å². The van der Waals surface area contributed by atoms with E-state index in [0.29, 0.717) is 11.9 Å². The number of aromatic amines is 1. The number of hydrogen-bond acceptors (Lipinski definition) is 5. The van der Waals surface area contributed by atoms with Crippen LogP contribution in [-0.4, -0.2) is 45.2 Å². The van der Waals surface area contributed by atoms with E-state index >= 15 is 0 Å². The summed E-state index contributed by atoms with van der Waals surface area (Å²) in [7, 11) is 1.82. The number of amides is 1. The quantitative estimate of drug-likeness (QED) is 0.713. The molecule has 2 aliphatic rings. The summed E-state index contributed by atoms with van der Waals surface area (Å²) in [4.78, 5) is 26.6. The van der Waals surface area contributed by atoms with Crippen molar-refractivity contribution in [3.63, 3.8) is 0 Å². The first-order valence-corrected chi connectivity index (χ1v) is 10.7. The molecule has 1 N–H and O–H groups in total. The van der Waals surface area contributed by atoms with E-state index in [-0.39, 0.29) is 11.9 Å². The summed E-state index contributed by atoms with van der Waals surface area (Å²) < 4.78 is 0. The van der Waals surface area contributed by atoms with Crippen molar-refractivity contribution >= 4 is 17.4 Å².